The highest BCUT2D eigenvalue weighted by atomic mass is 32.1. The molecular weight excluding hydrogens is 272 g/mol. The summed E-state index contributed by atoms with van der Waals surface area (Å²) in [4.78, 5) is 0. The van der Waals surface area contributed by atoms with Gasteiger partial charge in [-0.05, 0) is 29.3 Å². The number of hydrogen-bond donors (Lipinski definition) is 0. The summed E-state index contributed by atoms with van der Waals surface area (Å²) in [6, 6.07) is 25.7. The van der Waals surface area contributed by atoms with E-state index in [2.05, 4.69) is 78.9 Å². The summed E-state index contributed by atoms with van der Waals surface area (Å²) in [7, 11) is 0. The Hall–Kier alpha value is -2.38. The van der Waals surface area contributed by atoms with Gasteiger partial charge in [-0.3, -0.25) is 0 Å². The van der Waals surface area contributed by atoms with Crippen LogP contribution in [0.5, 0.6) is 0 Å². The summed E-state index contributed by atoms with van der Waals surface area (Å²) in [5.41, 5.74) is 2.47. The van der Waals surface area contributed by atoms with Crippen LogP contribution in [0.2, 0.25) is 0 Å². The van der Waals surface area contributed by atoms with E-state index in [1.165, 1.54) is 31.3 Å². The molecule has 1 heterocycles. The number of thiophene rings is 1. The standard InChI is InChI=1S/C20H14S/c1-2-6-15(7-3-1)10-11-16-12-13-20-18(14-16)17-8-4-5-9-19(17)21-20/h1-14H/b11-10-. The molecule has 4 aromatic rings. The van der Waals surface area contributed by atoms with Crippen molar-refractivity contribution in [2.45, 2.75) is 0 Å². The highest BCUT2D eigenvalue weighted by Gasteiger charge is 2.03. The van der Waals surface area contributed by atoms with Gasteiger partial charge in [0, 0.05) is 20.2 Å². The molecule has 0 unspecified atom stereocenters. The maximum atomic E-state index is 2.29. The molecule has 0 fully saturated rings. The molecule has 0 radical (unpaired) electrons. The zero-order valence-electron chi connectivity index (χ0n) is 11.5. The van der Waals surface area contributed by atoms with Crippen molar-refractivity contribution in [1.29, 1.82) is 0 Å². The van der Waals surface area contributed by atoms with Crippen LogP contribution in [0.3, 0.4) is 0 Å². The molecule has 21 heavy (non-hydrogen) atoms. The van der Waals surface area contributed by atoms with Crippen LogP contribution in [0.1, 0.15) is 11.1 Å². The first kappa shape index (κ1) is 12.4. The fourth-order valence-corrected chi connectivity index (χ4v) is 3.69. The first-order valence-electron chi connectivity index (χ1n) is 7.04. The smallest absolute Gasteiger partial charge is 0.0355 e. The molecule has 0 atom stereocenters. The van der Waals surface area contributed by atoms with Crippen LogP contribution < -0.4 is 0 Å². The lowest BCUT2D eigenvalue weighted by Gasteiger charge is -1.96. The summed E-state index contributed by atoms with van der Waals surface area (Å²) in [5.74, 6) is 0. The van der Waals surface area contributed by atoms with Gasteiger partial charge in [-0.15, -0.1) is 11.3 Å². The largest absolute Gasteiger partial charge is 0.135 e. The Kier molecular flexibility index (Phi) is 3.06. The van der Waals surface area contributed by atoms with Gasteiger partial charge in [0.25, 0.3) is 0 Å². The summed E-state index contributed by atoms with van der Waals surface area (Å²) in [6.07, 6.45) is 4.34. The van der Waals surface area contributed by atoms with E-state index in [0.717, 1.165) is 0 Å². The SMILES string of the molecule is C(=C/c1ccc2sc3ccccc3c2c1)/c1ccccc1. The quantitative estimate of drug-likeness (QED) is 0.383. The second-order valence-corrected chi connectivity index (χ2v) is 6.18. The van der Waals surface area contributed by atoms with Gasteiger partial charge in [0.15, 0.2) is 0 Å². The van der Waals surface area contributed by atoms with E-state index >= 15 is 0 Å². The third-order valence-electron chi connectivity index (χ3n) is 3.67. The number of fused-ring (bicyclic) bond motifs is 3. The fourth-order valence-electron chi connectivity index (χ4n) is 2.60. The van der Waals surface area contributed by atoms with E-state index < -0.39 is 0 Å². The predicted octanol–water partition coefficient (Wildman–Crippen LogP) is 6.22. The lowest BCUT2D eigenvalue weighted by molar-refractivity contribution is 1.66. The van der Waals surface area contributed by atoms with Crippen LogP contribution in [0.25, 0.3) is 32.3 Å². The first-order valence-corrected chi connectivity index (χ1v) is 7.86. The van der Waals surface area contributed by atoms with Gasteiger partial charge < -0.3 is 0 Å². The molecule has 4 rings (SSSR count). The van der Waals surface area contributed by atoms with E-state index in [4.69, 9.17) is 0 Å². The Morgan fingerprint density at radius 2 is 1.29 bits per heavy atom. The van der Waals surface area contributed by atoms with Crippen LogP contribution in [-0.4, -0.2) is 0 Å². The second-order valence-electron chi connectivity index (χ2n) is 5.10. The molecule has 0 aliphatic heterocycles. The Morgan fingerprint density at radius 1 is 0.571 bits per heavy atom. The Morgan fingerprint density at radius 3 is 2.19 bits per heavy atom. The van der Waals surface area contributed by atoms with Gasteiger partial charge in [0.2, 0.25) is 0 Å². The molecule has 0 saturated heterocycles. The third kappa shape index (κ3) is 2.37. The summed E-state index contributed by atoms with van der Waals surface area (Å²) in [6.45, 7) is 0. The van der Waals surface area contributed by atoms with Gasteiger partial charge in [0.1, 0.15) is 0 Å². The molecule has 0 bridgehead atoms. The Labute approximate surface area is 128 Å². The van der Waals surface area contributed by atoms with Crippen molar-refractivity contribution in [3.05, 3.63) is 83.9 Å². The number of benzene rings is 3. The van der Waals surface area contributed by atoms with E-state index in [0.29, 0.717) is 0 Å². The zero-order valence-corrected chi connectivity index (χ0v) is 12.3. The van der Waals surface area contributed by atoms with E-state index in [1.807, 2.05) is 17.4 Å². The van der Waals surface area contributed by atoms with Gasteiger partial charge in [-0.2, -0.15) is 0 Å². The van der Waals surface area contributed by atoms with E-state index in [1.54, 1.807) is 0 Å². The minimum atomic E-state index is 1.23. The van der Waals surface area contributed by atoms with Gasteiger partial charge in [-0.25, -0.2) is 0 Å². The molecule has 0 saturated carbocycles. The molecule has 1 heteroatoms. The van der Waals surface area contributed by atoms with Gasteiger partial charge in [-0.1, -0.05) is 66.7 Å². The van der Waals surface area contributed by atoms with Crippen molar-refractivity contribution in [1.82, 2.24) is 0 Å². The lowest BCUT2D eigenvalue weighted by atomic mass is 10.1. The molecule has 0 aliphatic carbocycles. The molecule has 0 N–H and O–H groups in total. The summed E-state index contributed by atoms with van der Waals surface area (Å²) >= 11 is 1.86. The summed E-state index contributed by atoms with van der Waals surface area (Å²) in [5, 5.41) is 2.71. The topological polar surface area (TPSA) is 0 Å². The van der Waals surface area contributed by atoms with Gasteiger partial charge in [0.05, 0.1) is 0 Å². The van der Waals surface area contributed by atoms with Crippen molar-refractivity contribution in [3.63, 3.8) is 0 Å². The molecule has 0 aliphatic rings. The Bertz CT molecular complexity index is 930. The van der Waals surface area contributed by atoms with Crippen molar-refractivity contribution in [2.75, 3.05) is 0 Å². The van der Waals surface area contributed by atoms with Crippen LogP contribution >= 0.6 is 11.3 Å². The van der Waals surface area contributed by atoms with Crippen LogP contribution in [0.4, 0.5) is 0 Å². The van der Waals surface area contributed by atoms with Gasteiger partial charge >= 0.3 is 0 Å². The monoisotopic (exact) mass is 286 g/mol. The van der Waals surface area contributed by atoms with Crippen LogP contribution in [0.15, 0.2) is 72.8 Å². The zero-order chi connectivity index (χ0) is 14.1. The number of rotatable bonds is 2. The Balaban J connectivity index is 1.80. The highest BCUT2D eigenvalue weighted by Crippen LogP contribution is 2.34. The predicted molar refractivity (Wildman–Crippen MR) is 94.7 cm³/mol. The maximum Gasteiger partial charge on any atom is 0.0355 e. The average molecular weight is 286 g/mol. The second kappa shape index (κ2) is 5.19. The molecule has 1 aromatic heterocycles. The molecule has 3 aromatic carbocycles. The average Bonchev–Trinajstić information content (AvgIpc) is 2.92. The van der Waals surface area contributed by atoms with Crippen molar-refractivity contribution >= 4 is 43.7 Å². The van der Waals surface area contributed by atoms with E-state index in [-0.39, 0.29) is 0 Å². The molecule has 0 amide bonds. The van der Waals surface area contributed by atoms with Crippen LogP contribution in [-0.2, 0) is 0 Å². The van der Waals surface area contributed by atoms with E-state index in [9.17, 15) is 0 Å². The maximum absolute atomic E-state index is 2.29. The first-order chi connectivity index (χ1) is 10.4. The third-order valence-corrected chi connectivity index (χ3v) is 4.82. The lowest BCUT2D eigenvalue weighted by Crippen LogP contribution is -1.73. The number of hydrogen-bond acceptors (Lipinski definition) is 1. The molecule has 0 spiro atoms. The molecular formula is C20H14S. The minimum Gasteiger partial charge on any atom is -0.135 e. The van der Waals surface area contributed by atoms with Crippen molar-refractivity contribution in [3.8, 4) is 0 Å². The van der Waals surface area contributed by atoms with Crippen molar-refractivity contribution < 1.29 is 0 Å². The summed E-state index contributed by atoms with van der Waals surface area (Å²) < 4.78 is 2.71. The highest BCUT2D eigenvalue weighted by molar-refractivity contribution is 7.25. The molecule has 100 valence electrons. The van der Waals surface area contributed by atoms with Crippen LogP contribution in [0, 0.1) is 0 Å². The molecule has 0 nitrogen and oxygen atoms in total. The minimum absolute atomic E-state index is 1.23. The fraction of sp³-hybridized carbons (Fsp3) is 0. The van der Waals surface area contributed by atoms with Crippen molar-refractivity contribution in [2.24, 2.45) is 0 Å². The normalized spacial score (nSPS) is 11.6.